The lowest BCUT2D eigenvalue weighted by atomic mass is 10.2. The smallest absolute Gasteiger partial charge is 0.343 e. The van der Waals surface area contributed by atoms with Crippen LogP contribution in [-0.4, -0.2) is 11.8 Å². The summed E-state index contributed by atoms with van der Waals surface area (Å²) in [6.07, 6.45) is 1.04. The minimum atomic E-state index is -0.601. The van der Waals surface area contributed by atoms with Crippen LogP contribution < -0.4 is 0 Å². The van der Waals surface area contributed by atoms with E-state index in [4.69, 9.17) is 4.74 Å². The number of allylic oxidation sites excluding steroid dienone is 1. The molecule has 3 nitrogen and oxygen atoms in total. The minimum Gasteiger partial charge on any atom is -0.419 e. The summed E-state index contributed by atoms with van der Waals surface area (Å²) in [6, 6.07) is 8.37. The molecule has 0 saturated heterocycles. The first kappa shape index (κ1) is 10.9. The third-order valence-corrected chi connectivity index (χ3v) is 1.69. The molecular weight excluding hydrogens is 192 g/mol. The van der Waals surface area contributed by atoms with Crippen molar-refractivity contribution in [1.82, 2.24) is 0 Å². The maximum Gasteiger partial charge on any atom is 0.343 e. The normalized spacial score (nSPS) is 9.07. The number of benzene rings is 1. The predicted octanol–water partition coefficient (Wildman–Crippen LogP) is 2.11. The Balaban J connectivity index is 2.69. The molecule has 1 aromatic carbocycles. The van der Waals surface area contributed by atoms with Crippen molar-refractivity contribution in [2.45, 2.75) is 0 Å². The molecule has 0 unspecified atom stereocenters. The number of rotatable bonds is 4. The molecule has 3 heteroatoms. The molecule has 0 spiro atoms. The largest absolute Gasteiger partial charge is 0.419 e. The summed E-state index contributed by atoms with van der Waals surface area (Å²) >= 11 is 0. The Morgan fingerprint density at radius 3 is 2.33 bits per heavy atom. The molecule has 1 aromatic rings. The van der Waals surface area contributed by atoms with Crippen LogP contribution in [0.4, 0.5) is 0 Å². The van der Waals surface area contributed by atoms with Crippen LogP contribution in [0, 0.1) is 0 Å². The fraction of sp³-hybridized carbons (Fsp3) is 0. The number of hydrogen-bond donors (Lipinski definition) is 0. The van der Waals surface area contributed by atoms with Crippen molar-refractivity contribution in [1.29, 1.82) is 0 Å². The van der Waals surface area contributed by atoms with Crippen LogP contribution >= 0.6 is 0 Å². The van der Waals surface area contributed by atoms with E-state index in [9.17, 15) is 9.59 Å². The second-order valence-corrected chi connectivity index (χ2v) is 2.75. The fourth-order valence-corrected chi connectivity index (χ4v) is 0.909. The van der Waals surface area contributed by atoms with Crippen LogP contribution in [-0.2, 0) is 9.53 Å². The third kappa shape index (κ3) is 2.91. The van der Waals surface area contributed by atoms with E-state index in [-0.39, 0.29) is 5.76 Å². The molecule has 0 aromatic heterocycles. The maximum absolute atomic E-state index is 11.4. The van der Waals surface area contributed by atoms with Crippen molar-refractivity contribution < 1.29 is 14.3 Å². The summed E-state index contributed by atoms with van der Waals surface area (Å²) in [5, 5.41) is 0. The van der Waals surface area contributed by atoms with Gasteiger partial charge in [0.2, 0.25) is 5.78 Å². The van der Waals surface area contributed by atoms with Gasteiger partial charge >= 0.3 is 5.97 Å². The van der Waals surface area contributed by atoms with E-state index in [0.29, 0.717) is 5.56 Å². The molecule has 0 aliphatic rings. The molecule has 0 N–H and O–H groups in total. The lowest BCUT2D eigenvalue weighted by Crippen LogP contribution is -2.09. The van der Waals surface area contributed by atoms with Gasteiger partial charge in [-0.1, -0.05) is 31.4 Å². The number of carbonyl (C=O) groups excluding carboxylic acids is 2. The van der Waals surface area contributed by atoms with Crippen LogP contribution in [0.1, 0.15) is 10.4 Å². The number of esters is 1. The first-order valence-electron chi connectivity index (χ1n) is 4.28. The van der Waals surface area contributed by atoms with Gasteiger partial charge in [0.25, 0.3) is 0 Å². The van der Waals surface area contributed by atoms with Gasteiger partial charge < -0.3 is 4.74 Å². The van der Waals surface area contributed by atoms with Crippen LogP contribution in [0.5, 0.6) is 0 Å². The molecule has 0 fully saturated rings. The molecule has 15 heavy (non-hydrogen) atoms. The summed E-state index contributed by atoms with van der Waals surface area (Å²) in [7, 11) is 0. The highest BCUT2D eigenvalue weighted by atomic mass is 16.5. The Labute approximate surface area is 87.7 Å². The van der Waals surface area contributed by atoms with Gasteiger partial charge in [-0.25, -0.2) is 4.79 Å². The maximum atomic E-state index is 11.4. The number of ether oxygens (including phenoxy) is 1. The summed E-state index contributed by atoms with van der Waals surface area (Å²) in [6.45, 7) is 6.59. The molecule has 0 radical (unpaired) electrons. The molecular formula is C12H10O3. The fourth-order valence-electron chi connectivity index (χ4n) is 0.909. The summed E-state index contributed by atoms with van der Waals surface area (Å²) in [5.41, 5.74) is 0.371. The van der Waals surface area contributed by atoms with Gasteiger partial charge in [-0.05, 0) is 18.2 Å². The van der Waals surface area contributed by atoms with Crippen LogP contribution in [0.2, 0.25) is 0 Å². The van der Waals surface area contributed by atoms with E-state index in [1.54, 1.807) is 30.3 Å². The van der Waals surface area contributed by atoms with Crippen molar-refractivity contribution in [3.8, 4) is 0 Å². The van der Waals surface area contributed by atoms with Gasteiger partial charge in [-0.15, -0.1) is 0 Å². The summed E-state index contributed by atoms with van der Waals surface area (Å²) < 4.78 is 4.73. The average molecular weight is 202 g/mol. The number of hydrogen-bond acceptors (Lipinski definition) is 3. The van der Waals surface area contributed by atoms with E-state index >= 15 is 0 Å². The van der Waals surface area contributed by atoms with Crippen molar-refractivity contribution in [2.75, 3.05) is 0 Å². The molecule has 0 saturated carbocycles. The number of ketones is 1. The average Bonchev–Trinajstić information content (AvgIpc) is 2.29. The van der Waals surface area contributed by atoms with Gasteiger partial charge in [0, 0.05) is 0 Å². The standard InChI is InChI=1S/C12H10O3/c1-3-11(13)9(2)15-12(14)10-7-5-4-6-8-10/h3-8H,1-2H2. The Hall–Kier alpha value is -2.16. The Morgan fingerprint density at radius 1 is 1.20 bits per heavy atom. The van der Waals surface area contributed by atoms with Gasteiger partial charge in [-0.2, -0.15) is 0 Å². The molecule has 0 bridgehead atoms. The van der Waals surface area contributed by atoms with Crippen molar-refractivity contribution >= 4 is 11.8 Å². The quantitative estimate of drug-likeness (QED) is 0.426. The molecule has 0 heterocycles. The van der Waals surface area contributed by atoms with Crippen LogP contribution in [0.25, 0.3) is 0 Å². The molecule has 76 valence electrons. The highest BCUT2D eigenvalue weighted by Gasteiger charge is 2.11. The molecule has 0 aliphatic carbocycles. The van der Waals surface area contributed by atoms with E-state index in [1.165, 1.54) is 0 Å². The third-order valence-electron chi connectivity index (χ3n) is 1.69. The monoisotopic (exact) mass is 202 g/mol. The topological polar surface area (TPSA) is 43.4 Å². The second-order valence-electron chi connectivity index (χ2n) is 2.75. The Morgan fingerprint density at radius 2 is 1.80 bits per heavy atom. The van der Waals surface area contributed by atoms with E-state index in [1.807, 2.05) is 0 Å². The van der Waals surface area contributed by atoms with Crippen molar-refractivity contribution in [2.24, 2.45) is 0 Å². The molecule has 0 amide bonds. The van der Waals surface area contributed by atoms with Gasteiger partial charge in [0.05, 0.1) is 5.56 Å². The van der Waals surface area contributed by atoms with E-state index in [0.717, 1.165) is 6.08 Å². The first-order chi connectivity index (χ1) is 7.15. The van der Waals surface area contributed by atoms with Crippen molar-refractivity contribution in [3.63, 3.8) is 0 Å². The van der Waals surface area contributed by atoms with E-state index < -0.39 is 11.8 Å². The summed E-state index contributed by atoms with van der Waals surface area (Å²) in [5.74, 6) is -1.33. The van der Waals surface area contributed by atoms with Gasteiger partial charge in [-0.3, -0.25) is 4.79 Å². The highest BCUT2D eigenvalue weighted by molar-refractivity contribution is 6.04. The second kappa shape index (κ2) is 4.91. The molecule has 0 aliphatic heterocycles. The zero-order chi connectivity index (χ0) is 11.3. The SMILES string of the molecule is C=CC(=O)C(=C)OC(=O)c1ccccc1. The Kier molecular flexibility index (Phi) is 3.57. The van der Waals surface area contributed by atoms with Gasteiger partial charge in [0.1, 0.15) is 0 Å². The Bertz CT molecular complexity index is 404. The van der Waals surface area contributed by atoms with E-state index in [2.05, 4.69) is 13.2 Å². The lowest BCUT2D eigenvalue weighted by molar-refractivity contribution is -0.113. The number of carbonyl (C=O) groups is 2. The zero-order valence-electron chi connectivity index (χ0n) is 8.10. The van der Waals surface area contributed by atoms with Crippen molar-refractivity contribution in [3.05, 3.63) is 60.9 Å². The predicted molar refractivity (Wildman–Crippen MR) is 56.2 cm³/mol. The highest BCUT2D eigenvalue weighted by Crippen LogP contribution is 2.05. The molecule has 0 atom stereocenters. The first-order valence-corrected chi connectivity index (χ1v) is 4.28. The van der Waals surface area contributed by atoms with Crippen LogP contribution in [0.3, 0.4) is 0 Å². The summed E-state index contributed by atoms with van der Waals surface area (Å²) in [4.78, 5) is 22.4. The minimum absolute atomic E-state index is 0.223. The van der Waals surface area contributed by atoms with Crippen LogP contribution in [0.15, 0.2) is 55.3 Å². The lowest BCUT2D eigenvalue weighted by Gasteiger charge is -2.03. The molecule has 1 rings (SSSR count). The zero-order valence-corrected chi connectivity index (χ0v) is 8.10. The van der Waals surface area contributed by atoms with Gasteiger partial charge in [0.15, 0.2) is 5.76 Å².